The highest BCUT2D eigenvalue weighted by Gasteiger charge is 2.31. The third-order valence-corrected chi connectivity index (χ3v) is 4.75. The van der Waals surface area contributed by atoms with Crippen molar-refractivity contribution in [2.24, 2.45) is 11.7 Å². The fourth-order valence-corrected chi connectivity index (χ4v) is 2.96. The smallest absolute Gasteiger partial charge is 0.326 e. The molecule has 8 N–H and O–H groups in total. The van der Waals surface area contributed by atoms with E-state index < -0.39 is 66.9 Å². The molecule has 13 heteroatoms. The molecule has 0 aromatic carbocycles. The molecule has 31 heavy (non-hydrogen) atoms. The fraction of sp³-hybridized carbons (Fsp3) is 0.722. The highest BCUT2D eigenvalue weighted by molar-refractivity contribution is 7.98. The lowest BCUT2D eigenvalue weighted by atomic mass is 10.0. The maximum Gasteiger partial charge on any atom is 0.326 e. The summed E-state index contributed by atoms with van der Waals surface area (Å²) in [5.74, 6) is -4.75. The molecule has 0 aromatic heterocycles. The van der Waals surface area contributed by atoms with Gasteiger partial charge in [0.15, 0.2) is 0 Å². The van der Waals surface area contributed by atoms with Gasteiger partial charge in [0.2, 0.25) is 17.7 Å². The maximum atomic E-state index is 12.8. The molecule has 12 nitrogen and oxygen atoms in total. The van der Waals surface area contributed by atoms with Crippen LogP contribution in [0, 0.1) is 5.92 Å². The van der Waals surface area contributed by atoms with Crippen LogP contribution < -0.4 is 21.7 Å². The number of carbonyl (C=O) groups excluding carboxylic acids is 3. The number of nitrogens with one attached hydrogen (secondary N) is 3. The molecule has 0 saturated carbocycles. The molecule has 0 aromatic rings. The number of aliphatic hydroxyl groups is 1. The first-order valence-corrected chi connectivity index (χ1v) is 11.0. The Hall–Kier alpha value is -2.38. The summed E-state index contributed by atoms with van der Waals surface area (Å²) in [5, 5.41) is 34.0. The molecule has 0 bridgehead atoms. The van der Waals surface area contributed by atoms with Crippen LogP contribution in [0.15, 0.2) is 0 Å². The lowest BCUT2D eigenvalue weighted by Crippen LogP contribution is -2.57. The zero-order valence-electron chi connectivity index (χ0n) is 17.8. The first-order valence-electron chi connectivity index (χ1n) is 9.63. The van der Waals surface area contributed by atoms with Crippen LogP contribution in [0.4, 0.5) is 0 Å². The number of aliphatic hydroxyl groups excluding tert-OH is 1. The average Bonchev–Trinajstić information content (AvgIpc) is 2.68. The predicted molar refractivity (Wildman–Crippen MR) is 113 cm³/mol. The van der Waals surface area contributed by atoms with E-state index in [9.17, 15) is 24.0 Å². The van der Waals surface area contributed by atoms with Crippen molar-refractivity contribution in [2.45, 2.75) is 57.3 Å². The molecule has 0 saturated heterocycles. The third kappa shape index (κ3) is 11.5. The normalized spacial score (nSPS) is 14.8. The topological polar surface area (TPSA) is 208 Å². The zero-order valence-corrected chi connectivity index (χ0v) is 18.6. The summed E-state index contributed by atoms with van der Waals surface area (Å²) in [6.45, 7) is 3.03. The summed E-state index contributed by atoms with van der Waals surface area (Å²) in [4.78, 5) is 59.4. The average molecular weight is 465 g/mol. The van der Waals surface area contributed by atoms with Gasteiger partial charge in [-0.3, -0.25) is 19.2 Å². The summed E-state index contributed by atoms with van der Waals surface area (Å²) < 4.78 is 0. The lowest BCUT2D eigenvalue weighted by Gasteiger charge is -2.25. The number of carbonyl (C=O) groups is 5. The molecular formula is C18H32N4O8S. The van der Waals surface area contributed by atoms with E-state index in [4.69, 9.17) is 21.1 Å². The predicted octanol–water partition coefficient (Wildman–Crippen LogP) is -1.88. The van der Waals surface area contributed by atoms with Crippen molar-refractivity contribution in [3.8, 4) is 0 Å². The zero-order chi connectivity index (χ0) is 24.1. The maximum absolute atomic E-state index is 12.8. The van der Waals surface area contributed by atoms with Crippen molar-refractivity contribution < 1.29 is 39.3 Å². The van der Waals surface area contributed by atoms with Crippen LogP contribution in [-0.4, -0.2) is 87.8 Å². The number of hydrogen-bond donors (Lipinski definition) is 7. The Morgan fingerprint density at radius 1 is 0.903 bits per heavy atom. The van der Waals surface area contributed by atoms with Crippen LogP contribution in [-0.2, 0) is 24.0 Å². The number of hydrogen-bond acceptors (Lipinski definition) is 8. The number of aliphatic carboxylic acids is 2. The Bertz CT molecular complexity index is 646. The van der Waals surface area contributed by atoms with Crippen molar-refractivity contribution in [1.82, 2.24) is 16.0 Å². The SMILES string of the molecule is CSCCC(NC(=O)C(CC(C)C)NC(=O)C(N)CO)C(=O)NC(CC(=O)O)C(=O)O. The fourth-order valence-electron chi connectivity index (χ4n) is 2.49. The van der Waals surface area contributed by atoms with Gasteiger partial charge in [-0.25, -0.2) is 4.79 Å². The summed E-state index contributed by atoms with van der Waals surface area (Å²) in [7, 11) is 0. The lowest BCUT2D eigenvalue weighted by molar-refractivity contribution is -0.147. The van der Waals surface area contributed by atoms with Gasteiger partial charge in [-0.2, -0.15) is 11.8 Å². The van der Waals surface area contributed by atoms with Gasteiger partial charge in [0.25, 0.3) is 0 Å². The molecule has 178 valence electrons. The quantitative estimate of drug-likeness (QED) is 0.143. The van der Waals surface area contributed by atoms with Crippen molar-refractivity contribution in [2.75, 3.05) is 18.6 Å². The molecule has 4 atom stereocenters. The van der Waals surface area contributed by atoms with Gasteiger partial charge >= 0.3 is 11.9 Å². The first kappa shape index (κ1) is 28.6. The van der Waals surface area contributed by atoms with Crippen LogP contribution in [0.5, 0.6) is 0 Å². The molecule has 0 aliphatic rings. The van der Waals surface area contributed by atoms with E-state index in [0.717, 1.165) is 0 Å². The van der Waals surface area contributed by atoms with E-state index >= 15 is 0 Å². The van der Waals surface area contributed by atoms with Crippen molar-refractivity contribution in [1.29, 1.82) is 0 Å². The Balaban J connectivity index is 5.43. The Morgan fingerprint density at radius 3 is 1.87 bits per heavy atom. The second kappa shape index (κ2) is 14.6. The number of thioether (sulfide) groups is 1. The molecule has 0 fully saturated rings. The Labute approximate surface area is 184 Å². The molecule has 0 aliphatic heterocycles. The molecule has 0 radical (unpaired) electrons. The number of carboxylic acid groups (broad SMARTS) is 2. The van der Waals surface area contributed by atoms with Crippen LogP contribution in [0.25, 0.3) is 0 Å². The van der Waals surface area contributed by atoms with Gasteiger partial charge in [0, 0.05) is 0 Å². The third-order valence-electron chi connectivity index (χ3n) is 4.11. The van der Waals surface area contributed by atoms with E-state index in [1.165, 1.54) is 11.8 Å². The number of amides is 3. The standard InChI is InChI=1S/C18H32N4O8S/c1-9(2)6-12(21-15(26)10(19)8-23)17(28)20-11(4-5-31-3)16(27)22-13(18(29)30)7-14(24)25/h9-13,23H,4-8,19H2,1-3H3,(H,20,28)(H,21,26)(H,22,27)(H,24,25)(H,29,30). The number of carboxylic acids is 2. The van der Waals surface area contributed by atoms with Crippen LogP contribution in [0.3, 0.4) is 0 Å². The van der Waals surface area contributed by atoms with Gasteiger partial charge < -0.3 is 37.0 Å². The second-order valence-electron chi connectivity index (χ2n) is 7.32. The summed E-state index contributed by atoms with van der Waals surface area (Å²) in [5.41, 5.74) is 5.47. The molecule has 4 unspecified atom stereocenters. The van der Waals surface area contributed by atoms with Crippen molar-refractivity contribution >= 4 is 41.4 Å². The van der Waals surface area contributed by atoms with Gasteiger partial charge in [-0.05, 0) is 30.8 Å². The minimum absolute atomic E-state index is 0.00756. The van der Waals surface area contributed by atoms with Gasteiger partial charge in [0.1, 0.15) is 24.2 Å². The Kier molecular flexibility index (Phi) is 13.5. The van der Waals surface area contributed by atoms with E-state index in [1.807, 2.05) is 13.8 Å². The van der Waals surface area contributed by atoms with E-state index in [0.29, 0.717) is 5.75 Å². The van der Waals surface area contributed by atoms with Crippen LogP contribution in [0.1, 0.15) is 33.1 Å². The minimum Gasteiger partial charge on any atom is -0.481 e. The summed E-state index contributed by atoms with van der Waals surface area (Å²) >= 11 is 1.39. The largest absolute Gasteiger partial charge is 0.481 e. The summed E-state index contributed by atoms with van der Waals surface area (Å²) in [6, 6.07) is -5.06. The highest BCUT2D eigenvalue weighted by Crippen LogP contribution is 2.08. The van der Waals surface area contributed by atoms with Crippen LogP contribution >= 0.6 is 11.8 Å². The van der Waals surface area contributed by atoms with Crippen LogP contribution in [0.2, 0.25) is 0 Å². The minimum atomic E-state index is -1.66. The molecule has 3 amide bonds. The number of rotatable bonds is 15. The summed E-state index contributed by atoms with van der Waals surface area (Å²) in [6.07, 6.45) is 1.33. The molecule has 0 heterocycles. The van der Waals surface area contributed by atoms with E-state index in [1.54, 1.807) is 6.26 Å². The second-order valence-corrected chi connectivity index (χ2v) is 8.31. The Morgan fingerprint density at radius 2 is 1.42 bits per heavy atom. The van der Waals surface area contributed by atoms with Crippen molar-refractivity contribution in [3.05, 3.63) is 0 Å². The van der Waals surface area contributed by atoms with E-state index in [-0.39, 0.29) is 18.8 Å². The molecular weight excluding hydrogens is 432 g/mol. The highest BCUT2D eigenvalue weighted by atomic mass is 32.2. The van der Waals surface area contributed by atoms with Gasteiger partial charge in [-0.1, -0.05) is 13.8 Å². The molecule has 0 aliphatic carbocycles. The van der Waals surface area contributed by atoms with E-state index in [2.05, 4.69) is 16.0 Å². The number of nitrogens with two attached hydrogens (primary N) is 1. The molecule has 0 spiro atoms. The molecule has 0 rings (SSSR count). The van der Waals surface area contributed by atoms with Gasteiger partial charge in [-0.15, -0.1) is 0 Å². The monoisotopic (exact) mass is 464 g/mol. The first-order chi connectivity index (χ1) is 14.4. The van der Waals surface area contributed by atoms with Crippen molar-refractivity contribution in [3.63, 3.8) is 0 Å². The van der Waals surface area contributed by atoms with Gasteiger partial charge in [0.05, 0.1) is 13.0 Å².